The number of fused-ring (bicyclic) bond motifs is 3. The smallest absolute Gasteiger partial charge is 0.291 e. The molecule has 0 aliphatic rings. The number of aromatic nitrogens is 3. The Balaban J connectivity index is 1.57. The van der Waals surface area contributed by atoms with Gasteiger partial charge < -0.3 is 14.6 Å². The quantitative estimate of drug-likeness (QED) is 0.579. The van der Waals surface area contributed by atoms with Gasteiger partial charge in [-0.15, -0.1) is 0 Å². The number of para-hydroxylation sites is 1. The minimum atomic E-state index is -0.285. The Hall–Kier alpha value is -3.61. The van der Waals surface area contributed by atoms with E-state index in [4.69, 9.17) is 4.74 Å². The summed E-state index contributed by atoms with van der Waals surface area (Å²) >= 11 is 0. The third-order valence-electron chi connectivity index (χ3n) is 4.83. The molecular formula is C21H20N4O3. The van der Waals surface area contributed by atoms with Crippen molar-refractivity contribution < 1.29 is 9.53 Å². The van der Waals surface area contributed by atoms with Gasteiger partial charge >= 0.3 is 0 Å². The van der Waals surface area contributed by atoms with E-state index >= 15 is 0 Å². The van der Waals surface area contributed by atoms with Crippen molar-refractivity contribution in [2.24, 2.45) is 7.05 Å². The molecule has 2 heterocycles. The summed E-state index contributed by atoms with van der Waals surface area (Å²) in [6, 6.07) is 15.2. The lowest BCUT2D eigenvalue weighted by Gasteiger charge is -2.08. The summed E-state index contributed by atoms with van der Waals surface area (Å²) in [4.78, 5) is 25.2. The average molecular weight is 376 g/mol. The highest BCUT2D eigenvalue weighted by molar-refractivity contribution is 6.07. The first-order valence-corrected chi connectivity index (χ1v) is 8.91. The summed E-state index contributed by atoms with van der Waals surface area (Å²) in [5.74, 6) is 0.446. The summed E-state index contributed by atoms with van der Waals surface area (Å²) in [5.41, 5.74) is 2.12. The molecule has 0 spiro atoms. The van der Waals surface area contributed by atoms with Crippen LogP contribution in [0.3, 0.4) is 0 Å². The normalized spacial score (nSPS) is 11.1. The van der Waals surface area contributed by atoms with Gasteiger partial charge in [-0.05, 0) is 23.8 Å². The minimum Gasteiger partial charge on any atom is -0.497 e. The topological polar surface area (TPSA) is 78.2 Å². The molecule has 0 unspecified atom stereocenters. The van der Waals surface area contributed by atoms with Gasteiger partial charge in [0.05, 0.1) is 13.3 Å². The molecule has 1 N–H and O–H groups in total. The zero-order valence-corrected chi connectivity index (χ0v) is 15.7. The van der Waals surface area contributed by atoms with Crippen molar-refractivity contribution in [1.82, 2.24) is 19.7 Å². The number of hydrogen-bond acceptors (Lipinski definition) is 4. The number of hydrogen-bond donors (Lipinski definition) is 1. The van der Waals surface area contributed by atoms with E-state index in [1.54, 1.807) is 13.3 Å². The maximum Gasteiger partial charge on any atom is 0.291 e. The maximum absolute atomic E-state index is 12.9. The average Bonchev–Trinajstić information content (AvgIpc) is 3.02. The largest absolute Gasteiger partial charge is 0.497 e. The van der Waals surface area contributed by atoms with Crippen molar-refractivity contribution in [3.05, 3.63) is 70.6 Å². The molecule has 0 fully saturated rings. The Morgan fingerprint density at radius 1 is 1.14 bits per heavy atom. The monoisotopic (exact) mass is 376 g/mol. The molecule has 0 aliphatic heterocycles. The third kappa shape index (κ3) is 3.11. The molecule has 1 amide bonds. The number of benzene rings is 2. The fraction of sp³-hybridized carbons (Fsp3) is 0.190. The molecule has 0 saturated carbocycles. The highest BCUT2D eigenvalue weighted by atomic mass is 16.5. The SMILES string of the molecule is COc1cccc(CNC(=O)Cn2ncc3c4ccccc4n(C)c3c2=O)c1. The zero-order valence-electron chi connectivity index (χ0n) is 15.7. The summed E-state index contributed by atoms with van der Waals surface area (Å²) in [6.07, 6.45) is 1.65. The molecule has 0 saturated heterocycles. The molecule has 4 aromatic rings. The van der Waals surface area contributed by atoms with Crippen molar-refractivity contribution in [1.29, 1.82) is 0 Å². The summed E-state index contributed by atoms with van der Waals surface area (Å²) in [5, 5.41) is 8.78. The Kier molecular flexibility index (Phi) is 4.57. The molecule has 0 atom stereocenters. The van der Waals surface area contributed by atoms with Gasteiger partial charge in [0, 0.05) is 29.9 Å². The van der Waals surface area contributed by atoms with Crippen LogP contribution in [0, 0.1) is 0 Å². The van der Waals surface area contributed by atoms with Crippen LogP contribution in [0.5, 0.6) is 5.75 Å². The third-order valence-corrected chi connectivity index (χ3v) is 4.83. The molecule has 28 heavy (non-hydrogen) atoms. The van der Waals surface area contributed by atoms with Crippen LogP contribution >= 0.6 is 0 Å². The highest BCUT2D eigenvalue weighted by Crippen LogP contribution is 2.24. The van der Waals surface area contributed by atoms with Crippen molar-refractivity contribution >= 4 is 27.7 Å². The van der Waals surface area contributed by atoms with Gasteiger partial charge in [0.1, 0.15) is 17.8 Å². The highest BCUT2D eigenvalue weighted by Gasteiger charge is 2.15. The van der Waals surface area contributed by atoms with E-state index in [-0.39, 0.29) is 18.0 Å². The molecule has 7 heteroatoms. The summed E-state index contributed by atoms with van der Waals surface area (Å²) in [7, 11) is 3.44. The van der Waals surface area contributed by atoms with Gasteiger partial charge in [-0.1, -0.05) is 30.3 Å². The molecular weight excluding hydrogens is 356 g/mol. The van der Waals surface area contributed by atoms with Crippen molar-refractivity contribution in [2.45, 2.75) is 13.1 Å². The van der Waals surface area contributed by atoms with Gasteiger partial charge in [0.15, 0.2) is 0 Å². The number of carbonyl (C=O) groups is 1. The number of aryl methyl sites for hydroxylation is 1. The van der Waals surface area contributed by atoms with Gasteiger partial charge in [-0.25, -0.2) is 4.68 Å². The fourth-order valence-corrected chi connectivity index (χ4v) is 3.40. The van der Waals surface area contributed by atoms with Crippen LogP contribution in [-0.4, -0.2) is 27.4 Å². The van der Waals surface area contributed by atoms with Crippen LogP contribution in [0.25, 0.3) is 21.8 Å². The second-order valence-corrected chi connectivity index (χ2v) is 6.57. The van der Waals surface area contributed by atoms with Crippen LogP contribution in [0.1, 0.15) is 5.56 Å². The van der Waals surface area contributed by atoms with Gasteiger partial charge in [0.25, 0.3) is 5.56 Å². The Bertz CT molecular complexity index is 1240. The molecule has 2 aromatic carbocycles. The lowest BCUT2D eigenvalue weighted by molar-refractivity contribution is -0.122. The van der Waals surface area contributed by atoms with E-state index in [2.05, 4.69) is 10.4 Å². The van der Waals surface area contributed by atoms with E-state index in [9.17, 15) is 9.59 Å². The van der Waals surface area contributed by atoms with E-state index in [0.29, 0.717) is 12.1 Å². The Labute approximate surface area is 161 Å². The van der Waals surface area contributed by atoms with Gasteiger partial charge in [-0.2, -0.15) is 5.10 Å². The predicted molar refractivity (Wildman–Crippen MR) is 107 cm³/mol. The number of methoxy groups -OCH3 is 1. The summed E-state index contributed by atoms with van der Waals surface area (Å²) in [6.45, 7) is 0.210. The van der Waals surface area contributed by atoms with Gasteiger partial charge in [0.2, 0.25) is 5.91 Å². The molecule has 0 aliphatic carbocycles. The number of carbonyl (C=O) groups excluding carboxylic acids is 1. The van der Waals surface area contributed by atoms with Crippen LogP contribution in [0.4, 0.5) is 0 Å². The van der Waals surface area contributed by atoms with E-state index in [1.807, 2.05) is 60.1 Å². The zero-order chi connectivity index (χ0) is 19.7. The molecule has 142 valence electrons. The van der Waals surface area contributed by atoms with E-state index in [0.717, 1.165) is 27.6 Å². The lowest BCUT2D eigenvalue weighted by atomic mass is 10.2. The molecule has 2 aromatic heterocycles. The standard InChI is InChI=1S/C21H20N4O3/c1-24-18-9-4-3-8-16(18)17-12-23-25(21(27)20(17)24)13-19(26)22-11-14-6-5-7-15(10-14)28-2/h3-10,12H,11,13H2,1-2H3,(H,22,26). The lowest BCUT2D eigenvalue weighted by Crippen LogP contribution is -2.33. The van der Waals surface area contributed by atoms with Crippen LogP contribution in [0.2, 0.25) is 0 Å². The van der Waals surface area contributed by atoms with E-state index in [1.165, 1.54) is 4.68 Å². The number of nitrogens with one attached hydrogen (secondary N) is 1. The number of nitrogens with zero attached hydrogens (tertiary/aromatic N) is 3. The Morgan fingerprint density at radius 2 is 1.96 bits per heavy atom. The second-order valence-electron chi connectivity index (χ2n) is 6.57. The minimum absolute atomic E-state index is 0.139. The number of amides is 1. The first kappa shape index (κ1) is 17.8. The van der Waals surface area contributed by atoms with Crippen LogP contribution in [-0.2, 0) is 24.9 Å². The van der Waals surface area contributed by atoms with Gasteiger partial charge in [-0.3, -0.25) is 9.59 Å². The van der Waals surface area contributed by atoms with Crippen molar-refractivity contribution in [3.63, 3.8) is 0 Å². The Morgan fingerprint density at radius 3 is 2.79 bits per heavy atom. The molecule has 4 rings (SSSR count). The van der Waals surface area contributed by atoms with E-state index < -0.39 is 0 Å². The van der Waals surface area contributed by atoms with Crippen LogP contribution in [0.15, 0.2) is 59.5 Å². The molecule has 0 radical (unpaired) electrons. The second kappa shape index (κ2) is 7.19. The van der Waals surface area contributed by atoms with Crippen molar-refractivity contribution in [3.8, 4) is 5.75 Å². The first-order valence-electron chi connectivity index (χ1n) is 8.91. The van der Waals surface area contributed by atoms with Crippen molar-refractivity contribution in [2.75, 3.05) is 7.11 Å². The number of rotatable bonds is 5. The first-order chi connectivity index (χ1) is 13.6. The maximum atomic E-state index is 12.9. The number of ether oxygens (including phenoxy) is 1. The summed E-state index contributed by atoms with van der Waals surface area (Å²) < 4.78 is 8.22. The fourth-order valence-electron chi connectivity index (χ4n) is 3.40. The van der Waals surface area contributed by atoms with Crippen LogP contribution < -0.4 is 15.6 Å². The molecule has 0 bridgehead atoms. The predicted octanol–water partition coefficient (Wildman–Crippen LogP) is 2.21. The molecule has 7 nitrogen and oxygen atoms in total.